The van der Waals surface area contributed by atoms with E-state index in [1.165, 1.54) is 0 Å². The Balaban J connectivity index is 2.07. The van der Waals surface area contributed by atoms with Gasteiger partial charge in [-0.05, 0) is 0 Å². The zero-order chi connectivity index (χ0) is 17.3. The second-order valence-corrected chi connectivity index (χ2v) is 5.62. The van der Waals surface area contributed by atoms with Crippen LogP contribution in [0.3, 0.4) is 0 Å². The molecule has 9 N–H and O–H groups in total. The molecule has 0 saturated carbocycles. The standard InChI is InChI=1S/C12H23NO10/c13-5-8(18)6(16)3(1-14)21-11(5)23-12-10(20)9(19)7(17)4(2-15)22-12/h3-12,14-20H,1-2,13H2/t3-,4-,5-,6-,7+,8-,9+,10-,11?,12?/m1/s1. The summed E-state index contributed by atoms with van der Waals surface area (Å²) in [5.74, 6) is 0. The molecule has 0 aliphatic carbocycles. The van der Waals surface area contributed by atoms with E-state index >= 15 is 0 Å². The van der Waals surface area contributed by atoms with Crippen molar-refractivity contribution in [2.45, 2.75) is 61.3 Å². The van der Waals surface area contributed by atoms with Gasteiger partial charge in [0.1, 0.15) is 42.7 Å². The van der Waals surface area contributed by atoms with Crippen molar-refractivity contribution in [1.82, 2.24) is 0 Å². The highest BCUT2D eigenvalue weighted by molar-refractivity contribution is 4.93. The lowest BCUT2D eigenvalue weighted by Crippen LogP contribution is -2.65. The van der Waals surface area contributed by atoms with Gasteiger partial charge in [-0.3, -0.25) is 0 Å². The largest absolute Gasteiger partial charge is 0.394 e. The predicted octanol–water partition coefficient (Wildman–Crippen LogP) is -5.43. The molecule has 0 aromatic carbocycles. The molecular weight excluding hydrogens is 318 g/mol. The van der Waals surface area contributed by atoms with Gasteiger partial charge in [-0.1, -0.05) is 0 Å². The molecule has 0 aromatic heterocycles. The van der Waals surface area contributed by atoms with Crippen LogP contribution >= 0.6 is 0 Å². The van der Waals surface area contributed by atoms with E-state index in [1.807, 2.05) is 0 Å². The lowest BCUT2D eigenvalue weighted by molar-refractivity contribution is -0.361. The zero-order valence-electron chi connectivity index (χ0n) is 12.1. The second-order valence-electron chi connectivity index (χ2n) is 5.62. The van der Waals surface area contributed by atoms with Crippen molar-refractivity contribution in [2.24, 2.45) is 5.73 Å². The van der Waals surface area contributed by atoms with Gasteiger partial charge >= 0.3 is 0 Å². The van der Waals surface area contributed by atoms with Crippen LogP contribution < -0.4 is 5.73 Å². The molecule has 2 fully saturated rings. The number of aliphatic hydroxyl groups excluding tert-OH is 7. The molecular formula is C12H23NO10. The van der Waals surface area contributed by atoms with Crippen molar-refractivity contribution < 1.29 is 50.0 Å². The number of aliphatic hydroxyl groups is 7. The van der Waals surface area contributed by atoms with Crippen molar-refractivity contribution >= 4 is 0 Å². The first-order chi connectivity index (χ1) is 10.8. The monoisotopic (exact) mass is 341 g/mol. The summed E-state index contributed by atoms with van der Waals surface area (Å²) in [5, 5.41) is 67.0. The molecule has 10 atom stereocenters. The van der Waals surface area contributed by atoms with Gasteiger partial charge in [0.2, 0.25) is 0 Å². The highest BCUT2D eigenvalue weighted by Gasteiger charge is 2.48. The summed E-state index contributed by atoms with van der Waals surface area (Å²) in [4.78, 5) is 0. The number of nitrogens with two attached hydrogens (primary N) is 1. The van der Waals surface area contributed by atoms with Gasteiger partial charge in [0.25, 0.3) is 0 Å². The summed E-state index contributed by atoms with van der Waals surface area (Å²) in [6, 6.07) is -1.22. The Bertz CT molecular complexity index is 349. The summed E-state index contributed by atoms with van der Waals surface area (Å²) in [7, 11) is 0. The van der Waals surface area contributed by atoms with Crippen molar-refractivity contribution in [3.63, 3.8) is 0 Å². The van der Waals surface area contributed by atoms with Gasteiger partial charge < -0.3 is 55.7 Å². The van der Waals surface area contributed by atoms with Crippen LogP contribution in [-0.4, -0.2) is 110 Å². The summed E-state index contributed by atoms with van der Waals surface area (Å²) < 4.78 is 15.6. The van der Waals surface area contributed by atoms with E-state index in [1.54, 1.807) is 0 Å². The van der Waals surface area contributed by atoms with Gasteiger partial charge in [-0.25, -0.2) is 0 Å². The molecule has 2 heterocycles. The molecule has 136 valence electrons. The van der Waals surface area contributed by atoms with Crippen molar-refractivity contribution in [3.05, 3.63) is 0 Å². The summed E-state index contributed by atoms with van der Waals surface area (Å²) in [6.07, 6.45) is -13.0. The Morgan fingerprint density at radius 3 is 1.70 bits per heavy atom. The molecule has 2 saturated heterocycles. The molecule has 2 unspecified atom stereocenters. The van der Waals surface area contributed by atoms with Crippen LogP contribution in [0, 0.1) is 0 Å². The summed E-state index contributed by atoms with van der Waals surface area (Å²) >= 11 is 0. The molecule has 0 amide bonds. The van der Waals surface area contributed by atoms with Crippen LogP contribution in [0.1, 0.15) is 0 Å². The number of ether oxygens (including phenoxy) is 3. The quantitative estimate of drug-likeness (QED) is 0.243. The first-order valence-electron chi connectivity index (χ1n) is 7.15. The van der Waals surface area contributed by atoms with E-state index in [0.29, 0.717) is 0 Å². The lowest BCUT2D eigenvalue weighted by atomic mass is 9.97. The van der Waals surface area contributed by atoms with E-state index in [4.69, 9.17) is 30.2 Å². The third-order valence-electron chi connectivity index (χ3n) is 4.05. The fourth-order valence-corrected chi connectivity index (χ4v) is 2.54. The van der Waals surface area contributed by atoms with E-state index in [-0.39, 0.29) is 0 Å². The average molecular weight is 341 g/mol. The van der Waals surface area contributed by atoms with Crippen molar-refractivity contribution in [1.29, 1.82) is 0 Å². The number of hydrogen-bond acceptors (Lipinski definition) is 11. The third-order valence-corrected chi connectivity index (χ3v) is 4.05. The molecule has 2 aliphatic rings. The van der Waals surface area contributed by atoms with E-state index in [2.05, 4.69) is 0 Å². The maximum atomic E-state index is 9.88. The van der Waals surface area contributed by atoms with Crippen LogP contribution in [0.4, 0.5) is 0 Å². The maximum absolute atomic E-state index is 9.88. The molecule has 0 radical (unpaired) electrons. The van der Waals surface area contributed by atoms with Crippen LogP contribution in [0.2, 0.25) is 0 Å². The minimum Gasteiger partial charge on any atom is -0.394 e. The molecule has 23 heavy (non-hydrogen) atoms. The molecule has 0 bridgehead atoms. The Hall–Kier alpha value is -0.440. The van der Waals surface area contributed by atoms with Crippen LogP contribution in [0.15, 0.2) is 0 Å². The van der Waals surface area contributed by atoms with Gasteiger partial charge in [-0.2, -0.15) is 0 Å². The Morgan fingerprint density at radius 2 is 1.17 bits per heavy atom. The SMILES string of the molecule is N[C@H]1C(OC2O[C@H](CO)[C@H](O)[C@H](O)[C@H]2O)O[C@H](CO)[C@@H](O)[C@@H]1O. The normalized spacial score (nSPS) is 51.7. The fraction of sp³-hybridized carbons (Fsp3) is 1.00. The van der Waals surface area contributed by atoms with Gasteiger partial charge in [0.05, 0.1) is 19.3 Å². The minimum atomic E-state index is -1.67. The molecule has 0 aromatic rings. The van der Waals surface area contributed by atoms with E-state index < -0.39 is 74.6 Å². The number of rotatable bonds is 4. The van der Waals surface area contributed by atoms with Gasteiger partial charge in [0.15, 0.2) is 12.6 Å². The van der Waals surface area contributed by atoms with Gasteiger partial charge in [0, 0.05) is 0 Å². The summed E-state index contributed by atoms with van der Waals surface area (Å²) in [6.45, 7) is -1.25. The van der Waals surface area contributed by atoms with Crippen LogP contribution in [-0.2, 0) is 14.2 Å². The molecule has 11 nitrogen and oxygen atoms in total. The average Bonchev–Trinajstić information content (AvgIpc) is 2.55. The van der Waals surface area contributed by atoms with Gasteiger partial charge in [-0.15, -0.1) is 0 Å². The second kappa shape index (κ2) is 7.63. The maximum Gasteiger partial charge on any atom is 0.189 e. The summed E-state index contributed by atoms with van der Waals surface area (Å²) in [5.41, 5.74) is 5.68. The third kappa shape index (κ3) is 3.65. The minimum absolute atomic E-state index is 0.612. The first-order valence-corrected chi connectivity index (χ1v) is 7.15. The van der Waals surface area contributed by atoms with E-state index in [0.717, 1.165) is 0 Å². The van der Waals surface area contributed by atoms with Crippen molar-refractivity contribution in [3.8, 4) is 0 Å². The molecule has 11 heteroatoms. The van der Waals surface area contributed by atoms with Crippen molar-refractivity contribution in [2.75, 3.05) is 13.2 Å². The van der Waals surface area contributed by atoms with Crippen LogP contribution in [0.25, 0.3) is 0 Å². The van der Waals surface area contributed by atoms with Crippen LogP contribution in [0.5, 0.6) is 0 Å². The topological polar surface area (TPSA) is 195 Å². The Morgan fingerprint density at radius 1 is 0.696 bits per heavy atom. The number of hydrogen-bond donors (Lipinski definition) is 8. The molecule has 0 spiro atoms. The van der Waals surface area contributed by atoms with E-state index in [9.17, 15) is 25.5 Å². The molecule has 2 rings (SSSR count). The predicted molar refractivity (Wildman–Crippen MR) is 70.6 cm³/mol. The smallest absolute Gasteiger partial charge is 0.189 e. The molecule has 2 aliphatic heterocycles. The highest BCUT2D eigenvalue weighted by Crippen LogP contribution is 2.27. The fourth-order valence-electron chi connectivity index (χ4n) is 2.54. The Labute approximate surface area is 131 Å². The zero-order valence-corrected chi connectivity index (χ0v) is 12.1. The highest BCUT2D eigenvalue weighted by atomic mass is 16.8. The first kappa shape index (κ1) is 18.9. The lowest BCUT2D eigenvalue weighted by Gasteiger charge is -2.45. The Kier molecular flexibility index (Phi) is 6.27.